The monoisotopic (exact) mass is 531 g/mol. The summed E-state index contributed by atoms with van der Waals surface area (Å²) >= 11 is 1.65. The van der Waals surface area contributed by atoms with E-state index in [2.05, 4.69) is 28.1 Å². The Bertz CT molecular complexity index is 979. The Hall–Kier alpha value is -1.71. The summed E-state index contributed by atoms with van der Waals surface area (Å²) in [5.41, 5.74) is -0.293. The number of unbranched alkanes of at least 4 members (excludes halogenated alkanes) is 1. The highest BCUT2D eigenvalue weighted by Crippen LogP contribution is 2.40. The lowest BCUT2D eigenvalue weighted by Gasteiger charge is -2.43. The van der Waals surface area contributed by atoms with E-state index in [9.17, 15) is 9.90 Å². The second kappa shape index (κ2) is 13.9. The molecule has 3 atom stereocenters. The lowest BCUT2D eigenvalue weighted by molar-refractivity contribution is -0.145. The van der Waals surface area contributed by atoms with Gasteiger partial charge in [-0.1, -0.05) is 50.3 Å². The molecule has 2 aromatic rings. The molecular weight excluding hydrogens is 486 g/mol. The van der Waals surface area contributed by atoms with E-state index in [0.29, 0.717) is 38.6 Å². The molecule has 8 heteroatoms. The Labute approximate surface area is 225 Å². The standard InChI is InChI=1S/C29H45N3O4S/c1-30-20-24(19-22-9-4-3-5-10-22)31-28(33)32-15-17-36-26(21-32)29(34,14-6-7-16-35-2)25-12-8-11-23-13-18-37-27(23)25/h8,11-13,18,22,24,26,30,34H,3-7,9-10,14-17,19-21H2,1-2H3,(H,31,33). The number of benzene rings is 1. The maximum Gasteiger partial charge on any atom is 0.317 e. The minimum absolute atomic E-state index is 0.0552. The lowest BCUT2D eigenvalue weighted by Crippen LogP contribution is -2.58. The number of hydrogen-bond donors (Lipinski definition) is 3. The van der Waals surface area contributed by atoms with Crippen molar-refractivity contribution in [3.8, 4) is 0 Å². The van der Waals surface area contributed by atoms with Crippen LogP contribution in [-0.4, -0.2) is 75.2 Å². The van der Waals surface area contributed by atoms with E-state index in [0.717, 1.165) is 41.5 Å². The molecular formula is C29H45N3O4S. The molecule has 4 rings (SSSR count). The van der Waals surface area contributed by atoms with E-state index in [1.807, 2.05) is 24.1 Å². The van der Waals surface area contributed by atoms with Crippen LogP contribution >= 0.6 is 11.3 Å². The fourth-order valence-electron chi connectivity index (χ4n) is 6.10. The van der Waals surface area contributed by atoms with E-state index < -0.39 is 11.7 Å². The van der Waals surface area contributed by atoms with E-state index in [4.69, 9.17) is 9.47 Å². The summed E-state index contributed by atoms with van der Waals surface area (Å²) in [4.78, 5) is 15.3. The van der Waals surface area contributed by atoms with Gasteiger partial charge in [0.25, 0.3) is 0 Å². The maximum absolute atomic E-state index is 13.4. The Balaban J connectivity index is 1.48. The second-order valence-electron chi connectivity index (χ2n) is 10.8. The van der Waals surface area contributed by atoms with E-state index in [1.54, 1.807) is 18.4 Å². The number of aliphatic hydroxyl groups is 1. The molecule has 0 spiro atoms. The summed E-state index contributed by atoms with van der Waals surface area (Å²) in [7, 11) is 3.65. The number of morpholine rings is 1. The predicted octanol–water partition coefficient (Wildman–Crippen LogP) is 4.87. The van der Waals surface area contributed by atoms with Crippen LogP contribution in [0.5, 0.6) is 0 Å². The van der Waals surface area contributed by atoms with Gasteiger partial charge in [-0.3, -0.25) is 0 Å². The minimum Gasteiger partial charge on any atom is -0.385 e. The van der Waals surface area contributed by atoms with Gasteiger partial charge in [-0.05, 0) is 55.5 Å². The van der Waals surface area contributed by atoms with E-state index in [1.165, 1.54) is 32.1 Å². The SMILES string of the molecule is CNCC(CC1CCCCC1)NC(=O)N1CCOC(C(O)(CCCCOC)c2cccc3ccsc23)C1. The zero-order valence-electron chi connectivity index (χ0n) is 22.5. The molecule has 37 heavy (non-hydrogen) atoms. The first-order chi connectivity index (χ1) is 18.0. The van der Waals surface area contributed by atoms with E-state index >= 15 is 0 Å². The first-order valence-corrected chi connectivity index (χ1v) is 14.9. The number of fused-ring (bicyclic) bond motifs is 1. The molecule has 206 valence electrons. The number of carbonyl (C=O) groups excluding carboxylic acids is 1. The van der Waals surface area contributed by atoms with Crippen LogP contribution in [0.1, 0.15) is 63.4 Å². The Morgan fingerprint density at radius 1 is 1.27 bits per heavy atom. The van der Waals surface area contributed by atoms with Crippen molar-refractivity contribution in [2.45, 2.75) is 75.5 Å². The van der Waals surface area contributed by atoms with Crippen LogP contribution in [0.4, 0.5) is 4.79 Å². The smallest absolute Gasteiger partial charge is 0.317 e. The molecule has 1 aromatic carbocycles. The van der Waals surface area contributed by atoms with Crippen LogP contribution in [0.25, 0.3) is 10.1 Å². The molecule has 1 saturated heterocycles. The van der Waals surface area contributed by atoms with Crippen LogP contribution in [0.3, 0.4) is 0 Å². The van der Waals surface area contributed by atoms with Gasteiger partial charge in [0.15, 0.2) is 0 Å². The van der Waals surface area contributed by atoms with Crippen LogP contribution in [0, 0.1) is 5.92 Å². The van der Waals surface area contributed by atoms with Crippen molar-refractivity contribution in [2.75, 3.05) is 47.0 Å². The second-order valence-corrected chi connectivity index (χ2v) is 11.7. The van der Waals surface area contributed by atoms with Crippen molar-refractivity contribution in [1.29, 1.82) is 0 Å². The molecule has 1 aliphatic carbocycles. The largest absolute Gasteiger partial charge is 0.385 e. The van der Waals surface area contributed by atoms with Crippen molar-refractivity contribution in [3.05, 3.63) is 35.2 Å². The predicted molar refractivity (Wildman–Crippen MR) is 150 cm³/mol. The number of thiophene rings is 1. The van der Waals surface area contributed by atoms with Gasteiger partial charge in [0.05, 0.1) is 13.2 Å². The highest BCUT2D eigenvalue weighted by atomic mass is 32.1. The van der Waals surface area contributed by atoms with Gasteiger partial charge in [0.2, 0.25) is 0 Å². The molecule has 2 fully saturated rings. The number of urea groups is 1. The van der Waals surface area contributed by atoms with Gasteiger partial charge >= 0.3 is 6.03 Å². The van der Waals surface area contributed by atoms with Gasteiger partial charge in [0.1, 0.15) is 11.7 Å². The number of amides is 2. The van der Waals surface area contributed by atoms with Gasteiger partial charge < -0.3 is 30.1 Å². The minimum atomic E-state index is -1.19. The number of carbonyl (C=O) groups is 1. The quantitative estimate of drug-likeness (QED) is 0.340. The number of hydrogen-bond acceptors (Lipinski definition) is 6. The van der Waals surface area contributed by atoms with Crippen molar-refractivity contribution in [3.63, 3.8) is 0 Å². The van der Waals surface area contributed by atoms with Crippen LogP contribution in [0.15, 0.2) is 29.6 Å². The van der Waals surface area contributed by atoms with Gasteiger partial charge in [0, 0.05) is 43.1 Å². The molecule has 7 nitrogen and oxygen atoms in total. The first kappa shape index (κ1) is 28.3. The van der Waals surface area contributed by atoms with Crippen molar-refractivity contribution < 1.29 is 19.4 Å². The highest BCUT2D eigenvalue weighted by molar-refractivity contribution is 7.17. The third kappa shape index (κ3) is 7.24. The zero-order valence-corrected chi connectivity index (χ0v) is 23.4. The fraction of sp³-hybridized carbons (Fsp3) is 0.690. The van der Waals surface area contributed by atoms with Crippen LogP contribution < -0.4 is 10.6 Å². The highest BCUT2D eigenvalue weighted by Gasteiger charge is 2.43. The molecule has 0 radical (unpaired) electrons. The van der Waals surface area contributed by atoms with Gasteiger partial charge in [-0.25, -0.2) is 4.79 Å². The first-order valence-electron chi connectivity index (χ1n) is 14.0. The normalized spacial score (nSPS) is 21.6. The third-order valence-electron chi connectivity index (χ3n) is 8.11. The van der Waals surface area contributed by atoms with Gasteiger partial charge in [-0.15, -0.1) is 11.3 Å². The van der Waals surface area contributed by atoms with Gasteiger partial charge in [-0.2, -0.15) is 0 Å². The molecule has 3 unspecified atom stereocenters. The number of nitrogens with zero attached hydrogens (tertiary/aromatic N) is 1. The van der Waals surface area contributed by atoms with Crippen LogP contribution in [0.2, 0.25) is 0 Å². The average molecular weight is 532 g/mol. The topological polar surface area (TPSA) is 83.1 Å². The number of likely N-dealkylation sites (N-methyl/N-ethyl adjacent to an activating group) is 1. The molecule has 2 aliphatic rings. The zero-order chi connectivity index (χ0) is 26.1. The Morgan fingerprint density at radius 3 is 2.89 bits per heavy atom. The Morgan fingerprint density at radius 2 is 2.11 bits per heavy atom. The molecule has 3 N–H and O–H groups in total. The van der Waals surface area contributed by atoms with Crippen molar-refractivity contribution >= 4 is 27.5 Å². The summed E-state index contributed by atoms with van der Waals surface area (Å²) in [6, 6.07) is 8.24. The van der Waals surface area contributed by atoms with Crippen LogP contribution in [-0.2, 0) is 15.1 Å². The number of methoxy groups -OCH3 is 1. The summed E-state index contributed by atoms with van der Waals surface area (Å²) in [5, 5.41) is 22.0. The fourth-order valence-corrected chi connectivity index (χ4v) is 7.09. The number of ether oxygens (including phenoxy) is 2. The number of rotatable bonds is 12. The number of nitrogens with one attached hydrogen (secondary N) is 2. The third-order valence-corrected chi connectivity index (χ3v) is 9.07. The summed E-state index contributed by atoms with van der Waals surface area (Å²) in [5.74, 6) is 0.688. The lowest BCUT2D eigenvalue weighted by atomic mass is 9.82. The molecule has 2 heterocycles. The maximum atomic E-state index is 13.4. The van der Waals surface area contributed by atoms with Crippen molar-refractivity contribution in [2.24, 2.45) is 5.92 Å². The summed E-state index contributed by atoms with van der Waals surface area (Å²) in [6.07, 6.45) is 9.21. The Kier molecular flexibility index (Phi) is 10.6. The van der Waals surface area contributed by atoms with Crippen molar-refractivity contribution in [1.82, 2.24) is 15.5 Å². The van der Waals surface area contributed by atoms with E-state index in [-0.39, 0.29) is 12.1 Å². The summed E-state index contributed by atoms with van der Waals surface area (Å²) < 4.78 is 12.6. The molecule has 1 aliphatic heterocycles. The summed E-state index contributed by atoms with van der Waals surface area (Å²) in [6.45, 7) is 2.73. The molecule has 0 bridgehead atoms. The average Bonchev–Trinajstić information content (AvgIpc) is 3.41. The molecule has 1 aromatic heterocycles. The molecule has 2 amide bonds. The molecule has 1 saturated carbocycles.